The van der Waals surface area contributed by atoms with Crippen LogP contribution >= 0.6 is 8.69 Å². The van der Waals surface area contributed by atoms with Gasteiger partial charge in [0.25, 0.3) is 0 Å². The number of nitrogens with two attached hydrogens (primary N) is 1. The molecule has 0 atom stereocenters. The highest BCUT2D eigenvalue weighted by Crippen LogP contribution is 1.85. The molecular formula is C2H7N2O2P. The Labute approximate surface area is 43.3 Å². The first-order valence-electron chi connectivity index (χ1n) is 1.83. The van der Waals surface area contributed by atoms with Crippen LogP contribution in [0.15, 0.2) is 0 Å². The van der Waals surface area contributed by atoms with Gasteiger partial charge in [-0.1, -0.05) is 0 Å². The monoisotopic (exact) mass is 122 g/mol. The molecule has 0 aliphatic carbocycles. The Morgan fingerprint density at radius 2 is 2.57 bits per heavy atom. The molecule has 0 rings (SSSR count). The van der Waals surface area contributed by atoms with E-state index in [-0.39, 0.29) is 8.69 Å². The molecule has 42 valence electrons. The van der Waals surface area contributed by atoms with Gasteiger partial charge in [-0.25, -0.2) is 9.19 Å². The molecular weight excluding hydrogens is 115 g/mol. The minimum Gasteiger partial charge on any atom is -0.329 e. The van der Waals surface area contributed by atoms with E-state index in [0.29, 0.717) is 13.1 Å². The van der Waals surface area contributed by atoms with Crippen LogP contribution in [-0.2, 0) is 9.19 Å². The smallest absolute Gasteiger partial charge is 0.329 e. The Morgan fingerprint density at radius 1 is 1.86 bits per heavy atom. The molecule has 0 unspecified atom stereocenters. The van der Waals surface area contributed by atoms with Gasteiger partial charge in [-0.15, -0.1) is 0 Å². The van der Waals surface area contributed by atoms with Gasteiger partial charge in [-0.3, -0.25) is 0 Å². The number of hydrogen-bond acceptors (Lipinski definition) is 4. The third kappa shape index (κ3) is 5.98. The van der Waals surface area contributed by atoms with Crippen molar-refractivity contribution in [2.45, 2.75) is 0 Å². The van der Waals surface area contributed by atoms with Crippen molar-refractivity contribution in [3.8, 4) is 0 Å². The lowest BCUT2D eigenvalue weighted by atomic mass is 10.7. The molecule has 0 aliphatic heterocycles. The van der Waals surface area contributed by atoms with Gasteiger partial charge in [0.05, 0.1) is 0 Å². The quantitative estimate of drug-likeness (QED) is 0.304. The van der Waals surface area contributed by atoms with Crippen molar-refractivity contribution in [2.75, 3.05) is 13.1 Å². The molecule has 4 nitrogen and oxygen atoms in total. The maximum atomic E-state index is 9.45. The van der Waals surface area contributed by atoms with E-state index in [4.69, 9.17) is 5.73 Å². The van der Waals surface area contributed by atoms with Crippen molar-refractivity contribution in [2.24, 2.45) is 5.73 Å². The fraction of sp³-hybridized carbons (Fsp3) is 1.00. The summed E-state index contributed by atoms with van der Waals surface area (Å²) in [5, 5.41) is 0. The van der Waals surface area contributed by atoms with Crippen LogP contribution in [0.5, 0.6) is 0 Å². The van der Waals surface area contributed by atoms with E-state index < -0.39 is 0 Å². The zero-order valence-corrected chi connectivity index (χ0v) is 4.65. The molecule has 0 aromatic heterocycles. The van der Waals surface area contributed by atoms with Crippen LogP contribution in [0.2, 0.25) is 0 Å². The van der Waals surface area contributed by atoms with Crippen molar-refractivity contribution in [3.63, 3.8) is 0 Å². The van der Waals surface area contributed by atoms with Gasteiger partial charge in [0, 0.05) is 13.1 Å². The van der Waals surface area contributed by atoms with E-state index in [9.17, 15) is 4.57 Å². The van der Waals surface area contributed by atoms with Crippen LogP contribution in [0.1, 0.15) is 0 Å². The van der Waals surface area contributed by atoms with E-state index in [1.54, 1.807) is 0 Å². The molecule has 0 fully saturated rings. The highest BCUT2D eigenvalue weighted by atomic mass is 31.1. The largest absolute Gasteiger partial charge is 0.346 e. The van der Waals surface area contributed by atoms with Gasteiger partial charge >= 0.3 is 8.69 Å². The van der Waals surface area contributed by atoms with Crippen molar-refractivity contribution >= 4 is 8.69 Å². The van der Waals surface area contributed by atoms with Gasteiger partial charge in [-0.05, 0) is 0 Å². The second-order valence-corrected chi connectivity index (χ2v) is 1.18. The fourth-order valence-corrected chi connectivity index (χ4v) is 0.275. The third-order valence-corrected chi connectivity index (χ3v) is 0.552. The summed E-state index contributed by atoms with van der Waals surface area (Å²) in [6, 6.07) is 0. The number of nitrogens with one attached hydrogen (secondary N) is 1. The lowest BCUT2D eigenvalue weighted by molar-refractivity contribution is 0.223. The molecule has 3 N–H and O–H groups in total. The molecule has 0 amide bonds. The molecule has 5 heteroatoms. The van der Waals surface area contributed by atoms with E-state index in [1.165, 1.54) is 0 Å². The summed E-state index contributed by atoms with van der Waals surface area (Å²) in [6.45, 7) is 1.00. The summed E-state index contributed by atoms with van der Waals surface area (Å²) in [7, 11) is -0.362. The normalized spacial score (nSPS) is 9.86. The predicted octanol–water partition coefficient (Wildman–Crippen LogP) is -0.327. The van der Waals surface area contributed by atoms with Gasteiger partial charge in [0.1, 0.15) is 0 Å². The molecule has 7 heavy (non-hydrogen) atoms. The second-order valence-electron chi connectivity index (χ2n) is 0.849. The Bertz CT molecular complexity index is 51.0. The van der Waals surface area contributed by atoms with E-state index in [1.807, 2.05) is 0 Å². The first-order chi connectivity index (χ1) is 3.41. The van der Waals surface area contributed by atoms with Crippen molar-refractivity contribution in [1.29, 1.82) is 0 Å². The molecule has 0 aromatic rings. The standard InChI is InChI=1S/C2H7N2O2P/c3-1-2-4-6-7-5/h4H,1-3H2. The van der Waals surface area contributed by atoms with Crippen molar-refractivity contribution in [1.82, 2.24) is 5.48 Å². The number of rotatable bonds is 4. The van der Waals surface area contributed by atoms with Gasteiger partial charge in [-0.2, -0.15) is 5.48 Å². The topological polar surface area (TPSA) is 64.3 Å². The lowest BCUT2D eigenvalue weighted by Gasteiger charge is -1.90. The SMILES string of the molecule is NCCNOP=O. The van der Waals surface area contributed by atoms with E-state index >= 15 is 0 Å². The maximum absolute atomic E-state index is 9.45. The summed E-state index contributed by atoms with van der Waals surface area (Å²) >= 11 is 0. The minimum atomic E-state index is -0.362. The summed E-state index contributed by atoms with van der Waals surface area (Å²) in [5.41, 5.74) is 7.36. The molecule has 0 bridgehead atoms. The van der Waals surface area contributed by atoms with Crippen LogP contribution in [0.4, 0.5) is 0 Å². The number of hydrogen-bond donors (Lipinski definition) is 2. The third-order valence-electron chi connectivity index (χ3n) is 0.348. The van der Waals surface area contributed by atoms with Crippen LogP contribution in [0.3, 0.4) is 0 Å². The molecule has 0 aliphatic rings. The van der Waals surface area contributed by atoms with Crippen LogP contribution in [0, 0.1) is 0 Å². The van der Waals surface area contributed by atoms with Crippen LogP contribution in [0.25, 0.3) is 0 Å². The highest BCUT2D eigenvalue weighted by Gasteiger charge is 1.77. The Hall–Kier alpha value is -0.0200. The maximum Gasteiger partial charge on any atom is 0.346 e. The van der Waals surface area contributed by atoms with Gasteiger partial charge in [0.15, 0.2) is 0 Å². The first kappa shape index (κ1) is 6.98. The summed E-state index contributed by atoms with van der Waals surface area (Å²) < 4.78 is 13.6. The predicted molar refractivity (Wildman–Crippen MR) is 25.7 cm³/mol. The molecule has 0 heterocycles. The average molecular weight is 122 g/mol. The number of hydroxylamine groups is 1. The Balaban J connectivity index is 2.56. The molecule has 0 saturated heterocycles. The minimum absolute atomic E-state index is 0.362. The molecule has 0 spiro atoms. The molecule has 0 radical (unpaired) electrons. The zero-order chi connectivity index (χ0) is 5.54. The van der Waals surface area contributed by atoms with E-state index in [2.05, 4.69) is 10.1 Å². The molecule has 0 saturated carbocycles. The summed E-state index contributed by atoms with van der Waals surface area (Å²) in [6.07, 6.45) is 0. The first-order valence-corrected chi connectivity index (χ1v) is 2.56. The fourth-order valence-electron chi connectivity index (χ4n) is 0.131. The second kappa shape index (κ2) is 5.98. The highest BCUT2D eigenvalue weighted by molar-refractivity contribution is 7.17. The Kier molecular flexibility index (Phi) is 5.96. The van der Waals surface area contributed by atoms with E-state index in [0.717, 1.165) is 0 Å². The summed E-state index contributed by atoms with van der Waals surface area (Å²) in [4.78, 5) is 0. The lowest BCUT2D eigenvalue weighted by Crippen LogP contribution is -2.19. The Morgan fingerprint density at radius 3 is 3.00 bits per heavy atom. The van der Waals surface area contributed by atoms with Crippen molar-refractivity contribution in [3.05, 3.63) is 0 Å². The molecule has 0 aromatic carbocycles. The summed E-state index contributed by atoms with van der Waals surface area (Å²) in [5.74, 6) is 0. The van der Waals surface area contributed by atoms with Crippen molar-refractivity contribution < 1.29 is 9.19 Å². The van der Waals surface area contributed by atoms with Crippen LogP contribution < -0.4 is 11.2 Å². The zero-order valence-electron chi connectivity index (χ0n) is 3.76. The van der Waals surface area contributed by atoms with Gasteiger partial charge in [0.2, 0.25) is 0 Å². The van der Waals surface area contributed by atoms with Gasteiger partial charge < -0.3 is 5.73 Å². The van der Waals surface area contributed by atoms with Crippen LogP contribution in [-0.4, -0.2) is 13.1 Å². The average Bonchev–Trinajstić information content (AvgIpc) is 1.69.